The fraction of sp³-hybridized carbons (Fsp3) is 0.692. The van der Waals surface area contributed by atoms with Gasteiger partial charge in [-0.15, -0.1) is 0 Å². The highest BCUT2D eigenvalue weighted by Gasteiger charge is 2.31. The van der Waals surface area contributed by atoms with Crippen LogP contribution in [0.5, 0.6) is 0 Å². The monoisotopic (exact) mass is 194 g/mol. The van der Waals surface area contributed by atoms with E-state index >= 15 is 0 Å². The lowest BCUT2D eigenvalue weighted by atomic mass is 9.70. The minimum absolute atomic E-state index is 0.168. The summed E-state index contributed by atoms with van der Waals surface area (Å²) in [5, 5.41) is 10.0. The molecular weight excluding hydrogens is 172 g/mol. The summed E-state index contributed by atoms with van der Waals surface area (Å²) in [7, 11) is 0. The fourth-order valence-electron chi connectivity index (χ4n) is 2.57. The van der Waals surface area contributed by atoms with Gasteiger partial charge in [-0.25, -0.2) is 0 Å². The average molecular weight is 194 g/mol. The van der Waals surface area contributed by atoms with E-state index in [2.05, 4.69) is 20.8 Å². The van der Waals surface area contributed by atoms with E-state index in [-0.39, 0.29) is 11.5 Å². The van der Waals surface area contributed by atoms with E-state index in [1.807, 2.05) is 19.1 Å². The lowest BCUT2D eigenvalue weighted by Gasteiger charge is -2.36. The third kappa shape index (κ3) is 2.27. The number of hydrogen-bond acceptors (Lipinski definition) is 1. The summed E-state index contributed by atoms with van der Waals surface area (Å²) in [5.74, 6) is 0. The molecule has 0 aliphatic heterocycles. The molecule has 0 saturated heterocycles. The fourth-order valence-corrected chi connectivity index (χ4v) is 2.57. The van der Waals surface area contributed by atoms with Gasteiger partial charge < -0.3 is 5.11 Å². The molecule has 0 aromatic rings. The van der Waals surface area contributed by atoms with E-state index in [0.29, 0.717) is 0 Å². The molecule has 0 aromatic carbocycles. The first-order valence-electron chi connectivity index (χ1n) is 5.50. The molecule has 1 N–H and O–H groups in total. The molecule has 1 heteroatoms. The Kier molecular flexibility index (Phi) is 3.54. The molecule has 1 rings (SSSR count). The summed E-state index contributed by atoms with van der Waals surface area (Å²) >= 11 is 0. The maximum atomic E-state index is 10.0. The maximum absolute atomic E-state index is 10.0. The van der Waals surface area contributed by atoms with Crippen molar-refractivity contribution in [3.8, 4) is 0 Å². The molecule has 0 radical (unpaired) electrons. The molecule has 0 spiro atoms. The maximum Gasteiger partial charge on any atom is 0.0939 e. The van der Waals surface area contributed by atoms with Gasteiger partial charge in [-0.2, -0.15) is 0 Å². The highest BCUT2D eigenvalue weighted by atomic mass is 16.3. The van der Waals surface area contributed by atoms with Crippen molar-refractivity contribution in [2.75, 3.05) is 0 Å². The van der Waals surface area contributed by atoms with Gasteiger partial charge in [-0.3, -0.25) is 0 Å². The Morgan fingerprint density at radius 1 is 1.43 bits per heavy atom. The van der Waals surface area contributed by atoms with Crippen molar-refractivity contribution < 1.29 is 5.11 Å². The second-order valence-electron chi connectivity index (χ2n) is 4.90. The largest absolute Gasteiger partial charge is 0.385 e. The molecule has 14 heavy (non-hydrogen) atoms. The Bertz CT molecular complexity index is 258. The molecule has 80 valence electrons. The number of aliphatic hydroxyl groups is 1. The molecule has 1 aliphatic carbocycles. The van der Waals surface area contributed by atoms with Crippen LogP contribution in [-0.4, -0.2) is 11.2 Å². The Morgan fingerprint density at radius 2 is 2.07 bits per heavy atom. The zero-order chi connectivity index (χ0) is 10.8. The molecule has 0 amide bonds. The van der Waals surface area contributed by atoms with E-state index in [1.165, 1.54) is 24.0 Å². The van der Waals surface area contributed by atoms with Gasteiger partial charge in [-0.1, -0.05) is 31.6 Å². The van der Waals surface area contributed by atoms with Gasteiger partial charge in [0, 0.05) is 0 Å². The summed E-state index contributed by atoms with van der Waals surface area (Å²) in [4.78, 5) is 0. The topological polar surface area (TPSA) is 20.2 Å². The lowest BCUT2D eigenvalue weighted by molar-refractivity contribution is 0.207. The van der Waals surface area contributed by atoms with E-state index < -0.39 is 0 Å². The zero-order valence-corrected chi connectivity index (χ0v) is 9.80. The van der Waals surface area contributed by atoms with Crippen molar-refractivity contribution in [1.82, 2.24) is 0 Å². The van der Waals surface area contributed by atoms with Crippen molar-refractivity contribution in [2.24, 2.45) is 5.41 Å². The standard InChI is InChI=1S/C13H22O/c1-5-7-11(14)12-10(2)8-6-9-13(12,3)4/h5,7,11,14H,6,8-9H2,1-4H3. The van der Waals surface area contributed by atoms with Gasteiger partial charge in [0.2, 0.25) is 0 Å². The van der Waals surface area contributed by atoms with Crippen LogP contribution >= 0.6 is 0 Å². The van der Waals surface area contributed by atoms with Crippen molar-refractivity contribution in [1.29, 1.82) is 0 Å². The van der Waals surface area contributed by atoms with Gasteiger partial charge in [0.15, 0.2) is 0 Å². The van der Waals surface area contributed by atoms with Crippen LogP contribution in [0.2, 0.25) is 0 Å². The first kappa shape index (κ1) is 11.5. The van der Waals surface area contributed by atoms with Crippen molar-refractivity contribution in [3.63, 3.8) is 0 Å². The minimum Gasteiger partial charge on any atom is -0.385 e. The van der Waals surface area contributed by atoms with E-state index in [4.69, 9.17) is 0 Å². The van der Waals surface area contributed by atoms with Crippen LogP contribution in [0.3, 0.4) is 0 Å². The Labute approximate surface area is 87.5 Å². The van der Waals surface area contributed by atoms with Gasteiger partial charge in [0.25, 0.3) is 0 Å². The number of hydrogen-bond donors (Lipinski definition) is 1. The van der Waals surface area contributed by atoms with Crippen LogP contribution in [0.1, 0.15) is 47.0 Å². The molecule has 0 fully saturated rings. The quantitative estimate of drug-likeness (QED) is 0.667. The van der Waals surface area contributed by atoms with Crippen LogP contribution in [0.4, 0.5) is 0 Å². The normalized spacial score (nSPS) is 24.4. The van der Waals surface area contributed by atoms with Crippen LogP contribution in [0.25, 0.3) is 0 Å². The number of allylic oxidation sites excluding steroid dienone is 2. The van der Waals surface area contributed by atoms with E-state index in [0.717, 1.165) is 6.42 Å². The molecule has 0 saturated carbocycles. The molecule has 1 unspecified atom stereocenters. The molecular formula is C13H22O. The van der Waals surface area contributed by atoms with Crippen LogP contribution < -0.4 is 0 Å². The Hall–Kier alpha value is -0.560. The predicted octanol–water partition coefficient (Wildman–Crippen LogP) is 3.45. The van der Waals surface area contributed by atoms with Gasteiger partial charge >= 0.3 is 0 Å². The average Bonchev–Trinajstić information content (AvgIpc) is 2.02. The first-order valence-corrected chi connectivity index (χ1v) is 5.50. The summed E-state index contributed by atoms with van der Waals surface area (Å²) < 4.78 is 0. The summed E-state index contributed by atoms with van der Waals surface area (Å²) in [6.07, 6.45) is 7.02. The second kappa shape index (κ2) is 4.31. The molecule has 0 aromatic heterocycles. The highest BCUT2D eigenvalue weighted by Crippen LogP contribution is 2.41. The van der Waals surface area contributed by atoms with Crippen molar-refractivity contribution >= 4 is 0 Å². The van der Waals surface area contributed by atoms with Crippen LogP contribution in [-0.2, 0) is 0 Å². The number of aliphatic hydroxyl groups excluding tert-OH is 1. The number of rotatable bonds is 2. The molecule has 0 heterocycles. The highest BCUT2D eigenvalue weighted by molar-refractivity contribution is 5.29. The molecule has 0 bridgehead atoms. The Balaban J connectivity index is 3.01. The van der Waals surface area contributed by atoms with Crippen LogP contribution in [0, 0.1) is 5.41 Å². The lowest BCUT2D eigenvalue weighted by Crippen LogP contribution is -2.27. The minimum atomic E-state index is -0.379. The predicted molar refractivity (Wildman–Crippen MR) is 61.2 cm³/mol. The Morgan fingerprint density at radius 3 is 2.57 bits per heavy atom. The van der Waals surface area contributed by atoms with Gasteiger partial charge in [0.1, 0.15) is 0 Å². The van der Waals surface area contributed by atoms with E-state index in [9.17, 15) is 5.11 Å². The summed E-state index contributed by atoms with van der Waals surface area (Å²) in [6.45, 7) is 8.58. The van der Waals surface area contributed by atoms with Gasteiger partial charge in [0.05, 0.1) is 6.10 Å². The van der Waals surface area contributed by atoms with Crippen molar-refractivity contribution in [3.05, 3.63) is 23.3 Å². The third-order valence-corrected chi connectivity index (χ3v) is 3.21. The SMILES string of the molecule is CC=CC(O)C1=C(C)CCCC1(C)C. The van der Waals surface area contributed by atoms with Crippen LogP contribution in [0.15, 0.2) is 23.3 Å². The summed E-state index contributed by atoms with van der Waals surface area (Å²) in [6, 6.07) is 0. The molecule has 1 nitrogen and oxygen atoms in total. The zero-order valence-electron chi connectivity index (χ0n) is 9.80. The second-order valence-corrected chi connectivity index (χ2v) is 4.90. The van der Waals surface area contributed by atoms with E-state index in [1.54, 1.807) is 0 Å². The van der Waals surface area contributed by atoms with Crippen molar-refractivity contribution in [2.45, 2.75) is 53.1 Å². The smallest absolute Gasteiger partial charge is 0.0939 e. The first-order chi connectivity index (χ1) is 6.49. The van der Waals surface area contributed by atoms with Gasteiger partial charge in [-0.05, 0) is 44.1 Å². The molecule has 1 aliphatic rings. The molecule has 1 atom stereocenters. The summed E-state index contributed by atoms with van der Waals surface area (Å²) in [5.41, 5.74) is 2.79. The third-order valence-electron chi connectivity index (χ3n) is 3.21.